The van der Waals surface area contributed by atoms with Gasteiger partial charge in [0, 0.05) is 18.4 Å². The Kier molecular flexibility index (Phi) is 5.79. The minimum Gasteiger partial charge on any atom is -0.441 e. The van der Waals surface area contributed by atoms with Gasteiger partial charge in [-0.2, -0.15) is 0 Å². The highest BCUT2D eigenvalue weighted by molar-refractivity contribution is 5.76. The summed E-state index contributed by atoms with van der Waals surface area (Å²) in [5.41, 5.74) is 1.26. The van der Waals surface area contributed by atoms with E-state index in [1.54, 1.807) is 18.2 Å². The Morgan fingerprint density at radius 1 is 1.12 bits per heavy atom. The maximum atomic E-state index is 13.7. The lowest BCUT2D eigenvalue weighted by atomic mass is 10.2. The number of carbonyl (C=O) groups is 1. The van der Waals surface area contributed by atoms with Gasteiger partial charge in [0.2, 0.25) is 5.91 Å². The minimum absolute atomic E-state index is 0.141. The normalized spacial score (nSPS) is 10.0. The number of aromatic nitrogens is 1. The first-order valence-electron chi connectivity index (χ1n) is 8.22. The van der Waals surface area contributed by atoms with Gasteiger partial charge < -0.3 is 9.73 Å². The van der Waals surface area contributed by atoms with Crippen LogP contribution in [0.15, 0.2) is 65.2 Å². The van der Waals surface area contributed by atoms with Gasteiger partial charge in [0.25, 0.3) is 0 Å². The van der Waals surface area contributed by atoms with Crippen molar-refractivity contribution in [3.05, 3.63) is 78.1 Å². The van der Waals surface area contributed by atoms with Gasteiger partial charge in [0.1, 0.15) is 5.82 Å². The molecule has 4 nitrogen and oxygen atoms in total. The summed E-state index contributed by atoms with van der Waals surface area (Å²) in [4.78, 5) is 16.0. The lowest BCUT2D eigenvalue weighted by molar-refractivity contribution is -0.120. The maximum absolute atomic E-state index is 13.7. The first kappa shape index (κ1) is 17.4. The Morgan fingerprint density at radius 3 is 2.69 bits per heavy atom. The molecule has 26 heavy (non-hydrogen) atoms. The number of nitrogens with zero attached hydrogens (tertiary/aromatic N) is 1. The van der Waals surface area contributed by atoms with Crippen molar-refractivity contribution in [2.45, 2.75) is 12.8 Å². The average molecular weight is 348 g/mol. The summed E-state index contributed by atoms with van der Waals surface area (Å²) in [6, 6.07) is 15.9. The van der Waals surface area contributed by atoms with E-state index < -0.39 is 0 Å². The van der Waals surface area contributed by atoms with Crippen molar-refractivity contribution >= 4 is 5.91 Å². The standard InChI is InChI=1S/C21H17FN2O2/c22-18-11-5-4-10-17(18)19-15-24-21(26-19)13-12-20(25)23-14-6-9-16-7-2-1-3-8-16/h1-5,7-8,10-11,15H,12-14H2,(H,23,25). The van der Waals surface area contributed by atoms with Gasteiger partial charge in [-0.05, 0) is 24.3 Å². The molecule has 0 atom stereocenters. The molecule has 0 aliphatic rings. The van der Waals surface area contributed by atoms with E-state index >= 15 is 0 Å². The molecule has 0 radical (unpaired) electrons. The van der Waals surface area contributed by atoms with E-state index in [0.717, 1.165) is 5.56 Å². The zero-order valence-corrected chi connectivity index (χ0v) is 14.0. The lowest BCUT2D eigenvalue weighted by Gasteiger charge is -2.00. The third-order valence-electron chi connectivity index (χ3n) is 3.64. The van der Waals surface area contributed by atoms with Crippen LogP contribution >= 0.6 is 0 Å². The van der Waals surface area contributed by atoms with E-state index in [2.05, 4.69) is 22.1 Å². The van der Waals surface area contributed by atoms with Crippen molar-refractivity contribution < 1.29 is 13.6 Å². The molecule has 5 heteroatoms. The number of halogens is 1. The number of benzene rings is 2. The molecular weight excluding hydrogens is 331 g/mol. The fourth-order valence-corrected chi connectivity index (χ4v) is 2.33. The van der Waals surface area contributed by atoms with Crippen LogP contribution in [-0.2, 0) is 11.2 Å². The van der Waals surface area contributed by atoms with Crippen molar-refractivity contribution in [2.24, 2.45) is 0 Å². The van der Waals surface area contributed by atoms with Crippen LogP contribution in [0.3, 0.4) is 0 Å². The molecule has 0 fully saturated rings. The van der Waals surface area contributed by atoms with Crippen LogP contribution in [0.4, 0.5) is 4.39 Å². The van der Waals surface area contributed by atoms with E-state index in [-0.39, 0.29) is 24.7 Å². The number of hydrogen-bond donors (Lipinski definition) is 1. The number of amides is 1. The number of aryl methyl sites for hydroxylation is 1. The second kappa shape index (κ2) is 8.63. The van der Waals surface area contributed by atoms with E-state index in [4.69, 9.17) is 4.42 Å². The van der Waals surface area contributed by atoms with Gasteiger partial charge >= 0.3 is 0 Å². The van der Waals surface area contributed by atoms with Crippen LogP contribution in [0.1, 0.15) is 17.9 Å². The van der Waals surface area contributed by atoms with Crippen molar-refractivity contribution in [3.63, 3.8) is 0 Å². The first-order valence-corrected chi connectivity index (χ1v) is 8.22. The van der Waals surface area contributed by atoms with Crippen LogP contribution in [0.25, 0.3) is 11.3 Å². The van der Waals surface area contributed by atoms with Crippen molar-refractivity contribution in [2.75, 3.05) is 6.54 Å². The molecule has 130 valence electrons. The summed E-state index contributed by atoms with van der Waals surface area (Å²) in [6.45, 7) is 0.278. The number of hydrogen-bond acceptors (Lipinski definition) is 3. The van der Waals surface area contributed by atoms with Gasteiger partial charge in [-0.3, -0.25) is 4.79 Å². The molecule has 1 amide bonds. The SMILES string of the molecule is O=C(CCc1ncc(-c2ccccc2F)o1)NCC#Cc1ccccc1. The Bertz CT molecular complexity index is 939. The summed E-state index contributed by atoms with van der Waals surface area (Å²) < 4.78 is 19.3. The van der Waals surface area contributed by atoms with Gasteiger partial charge in [0.05, 0.1) is 18.3 Å². The Hall–Kier alpha value is -3.39. The third-order valence-corrected chi connectivity index (χ3v) is 3.64. The second-order valence-corrected chi connectivity index (χ2v) is 5.54. The molecule has 0 spiro atoms. The van der Waals surface area contributed by atoms with Crippen molar-refractivity contribution in [3.8, 4) is 23.2 Å². The van der Waals surface area contributed by atoms with Crippen molar-refractivity contribution in [1.82, 2.24) is 10.3 Å². The highest BCUT2D eigenvalue weighted by Gasteiger charge is 2.11. The molecule has 1 heterocycles. The fraction of sp³-hybridized carbons (Fsp3) is 0.143. The molecule has 3 aromatic rings. The Balaban J connectivity index is 1.47. The smallest absolute Gasteiger partial charge is 0.221 e. The molecule has 2 aromatic carbocycles. The minimum atomic E-state index is -0.370. The molecule has 0 aliphatic carbocycles. The van der Waals surface area contributed by atoms with Crippen LogP contribution < -0.4 is 5.32 Å². The average Bonchev–Trinajstić information content (AvgIpc) is 3.13. The number of rotatable bonds is 5. The van der Waals surface area contributed by atoms with E-state index in [0.29, 0.717) is 23.6 Å². The van der Waals surface area contributed by atoms with Crippen molar-refractivity contribution in [1.29, 1.82) is 0 Å². The van der Waals surface area contributed by atoms with Crippen LogP contribution in [-0.4, -0.2) is 17.4 Å². The summed E-state index contributed by atoms with van der Waals surface area (Å²) in [5.74, 6) is 6.11. The highest BCUT2D eigenvalue weighted by Crippen LogP contribution is 2.23. The molecule has 1 N–H and O–H groups in total. The van der Waals surface area contributed by atoms with Gasteiger partial charge in [0.15, 0.2) is 11.7 Å². The number of oxazole rings is 1. The van der Waals surface area contributed by atoms with Gasteiger partial charge in [-0.15, -0.1) is 0 Å². The maximum Gasteiger partial charge on any atom is 0.221 e. The second-order valence-electron chi connectivity index (χ2n) is 5.54. The van der Waals surface area contributed by atoms with Crippen LogP contribution in [0.2, 0.25) is 0 Å². The predicted molar refractivity (Wildman–Crippen MR) is 96.5 cm³/mol. The van der Waals surface area contributed by atoms with E-state index in [1.165, 1.54) is 12.3 Å². The summed E-state index contributed by atoms with van der Waals surface area (Å²) >= 11 is 0. The molecule has 1 aromatic heterocycles. The van der Waals surface area contributed by atoms with Gasteiger partial charge in [-0.1, -0.05) is 42.2 Å². The van der Waals surface area contributed by atoms with E-state index in [9.17, 15) is 9.18 Å². The van der Waals surface area contributed by atoms with Crippen LogP contribution in [0.5, 0.6) is 0 Å². The number of nitrogens with one attached hydrogen (secondary N) is 1. The highest BCUT2D eigenvalue weighted by atomic mass is 19.1. The van der Waals surface area contributed by atoms with Crippen LogP contribution in [0, 0.1) is 17.7 Å². The van der Waals surface area contributed by atoms with E-state index in [1.807, 2.05) is 30.3 Å². The molecule has 0 saturated carbocycles. The third kappa shape index (κ3) is 4.81. The van der Waals surface area contributed by atoms with Gasteiger partial charge in [-0.25, -0.2) is 9.37 Å². The molecule has 0 aliphatic heterocycles. The molecule has 0 unspecified atom stereocenters. The fourth-order valence-electron chi connectivity index (χ4n) is 2.33. The zero-order chi connectivity index (χ0) is 18.2. The lowest BCUT2D eigenvalue weighted by Crippen LogP contribution is -2.23. The topological polar surface area (TPSA) is 55.1 Å². The molecule has 0 saturated heterocycles. The summed E-state index contributed by atoms with van der Waals surface area (Å²) in [5, 5.41) is 2.73. The quantitative estimate of drug-likeness (QED) is 0.717. The predicted octanol–water partition coefficient (Wildman–Crippen LogP) is 3.58. The molecule has 0 bridgehead atoms. The molecule has 3 rings (SSSR count). The zero-order valence-electron chi connectivity index (χ0n) is 14.0. The summed E-state index contributed by atoms with van der Waals surface area (Å²) in [7, 11) is 0. The number of carbonyl (C=O) groups excluding carboxylic acids is 1. The first-order chi connectivity index (χ1) is 12.7. The Labute approximate surface area is 151 Å². The largest absolute Gasteiger partial charge is 0.441 e. The molecular formula is C21H17FN2O2. The summed E-state index contributed by atoms with van der Waals surface area (Å²) in [6.07, 6.45) is 2.04. The monoisotopic (exact) mass is 348 g/mol. The Morgan fingerprint density at radius 2 is 1.88 bits per heavy atom.